The molecule has 0 saturated heterocycles. The summed E-state index contributed by atoms with van der Waals surface area (Å²) in [5.74, 6) is 5.29. The molecule has 8 bridgehead atoms. The molecule has 4 aromatic rings. The van der Waals surface area contributed by atoms with Crippen LogP contribution in [-0.4, -0.2) is 58.2 Å². The van der Waals surface area contributed by atoms with Crippen molar-refractivity contribution in [3.63, 3.8) is 0 Å². The summed E-state index contributed by atoms with van der Waals surface area (Å²) in [6.45, 7) is 6.68. The van der Waals surface area contributed by atoms with Crippen LogP contribution in [-0.2, 0) is 21.5 Å². The molecule has 12 rings (SSSR count). The maximum absolute atomic E-state index is 13.7. The maximum atomic E-state index is 13.7. The molecular formula is C46H57ClF6N8O2P2. The van der Waals surface area contributed by atoms with Crippen LogP contribution in [0.25, 0.3) is 0 Å². The zero-order chi connectivity index (χ0) is 46.7. The van der Waals surface area contributed by atoms with E-state index in [1.807, 2.05) is 0 Å². The van der Waals surface area contributed by atoms with Gasteiger partial charge in [-0.2, -0.15) is 31.3 Å². The Morgan fingerprint density at radius 3 is 1.35 bits per heavy atom. The molecule has 10 nitrogen and oxygen atoms in total. The zero-order valence-corrected chi connectivity index (χ0v) is 39.4. The molecule has 2 aromatic carbocycles. The molecule has 65 heavy (non-hydrogen) atoms. The molecule has 0 aliphatic heterocycles. The van der Waals surface area contributed by atoms with E-state index in [0.717, 1.165) is 66.8 Å². The number of alkyl halides is 6. The maximum Gasteiger partial charge on any atom is 0.421 e. The Labute approximate surface area is 381 Å². The van der Waals surface area contributed by atoms with Crippen molar-refractivity contribution in [1.82, 2.24) is 19.9 Å². The molecule has 0 radical (unpaired) electrons. The van der Waals surface area contributed by atoms with Crippen molar-refractivity contribution in [3.8, 4) is 0 Å². The third-order valence-corrected chi connectivity index (χ3v) is 17.6. The van der Waals surface area contributed by atoms with E-state index in [0.29, 0.717) is 40.3 Å². The lowest BCUT2D eigenvalue weighted by Crippen LogP contribution is -2.55. The van der Waals surface area contributed by atoms with Gasteiger partial charge in [0.05, 0.1) is 0 Å². The lowest BCUT2D eigenvalue weighted by Gasteiger charge is -2.55. The Hall–Kier alpha value is -3.71. The first-order valence-corrected chi connectivity index (χ1v) is 27.9. The van der Waals surface area contributed by atoms with Gasteiger partial charge in [0.15, 0.2) is 0 Å². The lowest BCUT2D eigenvalue weighted by atomic mass is 9.53. The van der Waals surface area contributed by atoms with Gasteiger partial charge in [-0.25, -0.2) is 15.0 Å². The number of anilines is 5. The fourth-order valence-electron chi connectivity index (χ4n) is 11.9. The van der Waals surface area contributed by atoms with Crippen LogP contribution in [0.5, 0.6) is 0 Å². The molecular weight excluding hydrogens is 908 g/mol. The van der Waals surface area contributed by atoms with E-state index >= 15 is 0 Å². The minimum atomic E-state index is -4.60. The predicted octanol–water partition coefficient (Wildman–Crippen LogP) is 11.8. The van der Waals surface area contributed by atoms with E-state index in [2.05, 4.69) is 35.9 Å². The van der Waals surface area contributed by atoms with Crippen LogP contribution >= 0.6 is 25.9 Å². The molecule has 2 aromatic heterocycles. The number of aromatic nitrogens is 4. The van der Waals surface area contributed by atoms with Crippen LogP contribution in [0.15, 0.2) is 60.9 Å². The minimum absolute atomic E-state index is 0.0363. The van der Waals surface area contributed by atoms with Gasteiger partial charge < -0.3 is 30.8 Å². The lowest BCUT2D eigenvalue weighted by molar-refractivity contribution is -0.138. The molecule has 0 spiro atoms. The van der Waals surface area contributed by atoms with Crippen molar-refractivity contribution in [2.75, 3.05) is 42.6 Å². The zero-order valence-electron chi connectivity index (χ0n) is 36.9. The first kappa shape index (κ1) is 47.8. The number of benzene rings is 2. The van der Waals surface area contributed by atoms with Crippen molar-refractivity contribution in [1.29, 1.82) is 0 Å². The number of nitrogens with zero attached hydrogens (tertiary/aromatic N) is 4. The van der Waals surface area contributed by atoms with Gasteiger partial charge >= 0.3 is 12.4 Å². The molecule has 352 valence electrons. The van der Waals surface area contributed by atoms with E-state index < -0.39 is 42.9 Å². The Morgan fingerprint density at radius 1 is 0.600 bits per heavy atom. The molecule has 5 N–H and O–H groups in total. The smallest absolute Gasteiger partial charge is 0.366 e. The summed E-state index contributed by atoms with van der Waals surface area (Å²) in [7, 11) is -4.74. The van der Waals surface area contributed by atoms with E-state index in [9.17, 15) is 35.5 Å². The number of nitrogens with two attached hydrogens (primary N) is 1. The largest absolute Gasteiger partial charge is 0.421 e. The van der Waals surface area contributed by atoms with Crippen LogP contribution < -0.4 is 32.3 Å². The molecule has 2 heterocycles. The SMILES string of the molecule is CP(C)(=O)c1ccc(Nc2ncc(C(F)(F)F)c(Cl)n2)cc1.CP(C)(=O)c1ccc(Nc2ncc(C(F)(F)F)c(NC3C4CC5CC(C4)CC3C5)n2)cc1.NC12CC3CC(CC(C3)C1)C2. The fourth-order valence-corrected chi connectivity index (χ4v) is 13.9. The summed E-state index contributed by atoms with van der Waals surface area (Å²) in [6, 6.07) is 13.6. The van der Waals surface area contributed by atoms with Crippen LogP contribution in [0.4, 0.5) is 55.4 Å². The summed E-state index contributed by atoms with van der Waals surface area (Å²) in [6.07, 6.45) is 6.63. The Kier molecular flexibility index (Phi) is 13.3. The predicted molar refractivity (Wildman–Crippen MR) is 246 cm³/mol. The summed E-state index contributed by atoms with van der Waals surface area (Å²) < 4.78 is 103. The van der Waals surface area contributed by atoms with Gasteiger partial charge in [-0.1, -0.05) is 11.6 Å². The number of halogens is 7. The molecule has 8 aliphatic carbocycles. The van der Waals surface area contributed by atoms with Gasteiger partial charge in [-0.05, 0) is 187 Å². The van der Waals surface area contributed by atoms with Crippen molar-refractivity contribution in [2.45, 2.75) is 94.6 Å². The van der Waals surface area contributed by atoms with Crippen molar-refractivity contribution in [3.05, 3.63) is 77.2 Å². The summed E-state index contributed by atoms with van der Waals surface area (Å²) in [5, 5.41) is 9.69. The highest BCUT2D eigenvalue weighted by atomic mass is 35.5. The van der Waals surface area contributed by atoms with Gasteiger partial charge in [0.1, 0.15) is 36.4 Å². The molecule has 8 saturated carbocycles. The molecule has 8 aliphatic rings. The molecule has 19 heteroatoms. The molecule has 8 fully saturated rings. The van der Waals surface area contributed by atoms with Crippen LogP contribution in [0.2, 0.25) is 5.15 Å². The molecule has 0 unspecified atom stereocenters. The van der Waals surface area contributed by atoms with Gasteiger partial charge in [-0.15, -0.1) is 0 Å². The summed E-state index contributed by atoms with van der Waals surface area (Å²) in [5.41, 5.74) is 5.88. The van der Waals surface area contributed by atoms with Crippen molar-refractivity contribution < 1.29 is 35.5 Å². The second kappa shape index (κ2) is 18.1. The average molecular weight is 965 g/mol. The Morgan fingerprint density at radius 2 is 0.985 bits per heavy atom. The number of nitrogens with one attached hydrogen (secondary N) is 3. The highest BCUT2D eigenvalue weighted by molar-refractivity contribution is 7.70. The molecule has 0 amide bonds. The quantitative estimate of drug-likeness (QED) is 0.0764. The first-order valence-electron chi connectivity index (χ1n) is 22.3. The van der Waals surface area contributed by atoms with Gasteiger partial charge in [-0.3, -0.25) is 0 Å². The Balaban J connectivity index is 0.000000149. The fraction of sp³-hybridized carbons (Fsp3) is 0.565. The normalized spacial score (nSPS) is 28.7. The van der Waals surface area contributed by atoms with E-state index in [1.165, 1.54) is 44.9 Å². The number of rotatable bonds is 8. The summed E-state index contributed by atoms with van der Waals surface area (Å²) in [4.78, 5) is 15.3. The highest BCUT2D eigenvalue weighted by Gasteiger charge is 2.50. The van der Waals surface area contributed by atoms with E-state index in [1.54, 1.807) is 75.2 Å². The van der Waals surface area contributed by atoms with Crippen molar-refractivity contribution in [2.24, 2.45) is 47.2 Å². The Bertz CT molecular complexity index is 2380. The van der Waals surface area contributed by atoms with Gasteiger partial charge in [0, 0.05) is 46.0 Å². The van der Waals surface area contributed by atoms with Gasteiger partial charge in [0.2, 0.25) is 11.9 Å². The van der Waals surface area contributed by atoms with Crippen molar-refractivity contribution >= 4 is 65.6 Å². The minimum Gasteiger partial charge on any atom is -0.366 e. The van der Waals surface area contributed by atoms with Crippen LogP contribution in [0.3, 0.4) is 0 Å². The monoisotopic (exact) mass is 964 g/mol. The highest BCUT2D eigenvalue weighted by Crippen LogP contribution is 2.56. The van der Waals surface area contributed by atoms with Gasteiger partial charge in [0.25, 0.3) is 0 Å². The second-order valence-corrected chi connectivity index (χ2v) is 27.1. The number of hydrogen-bond donors (Lipinski definition) is 4. The van der Waals surface area contributed by atoms with E-state index in [-0.39, 0.29) is 23.8 Å². The summed E-state index contributed by atoms with van der Waals surface area (Å²) >= 11 is 5.52. The van der Waals surface area contributed by atoms with Crippen LogP contribution in [0.1, 0.15) is 81.8 Å². The third-order valence-electron chi connectivity index (χ3n) is 14.2. The first-order chi connectivity index (χ1) is 30.4. The number of hydrogen-bond acceptors (Lipinski definition) is 10. The van der Waals surface area contributed by atoms with Crippen LogP contribution in [0, 0.1) is 41.4 Å². The third kappa shape index (κ3) is 11.5. The molecule has 0 atom stereocenters. The van der Waals surface area contributed by atoms with E-state index in [4.69, 9.17) is 17.3 Å². The standard InChI is InChI=1S/C23H28F3N4OP.C13H12ClF3N3OP.C10H17N/c1-32(2,31)18-5-3-17(4-6-18)28-22-27-12-19(23(24,25)26)21(30-22)29-20-15-8-13-7-14(10-15)11-16(20)9-13;1-22(2,21)9-5-3-8(4-6-9)19-12-18-7-10(11(14)20-12)13(15,16)17;11-10-4-7-1-8(5-10)3-9(2-7)6-10/h3-6,12-16,20H,7-11H2,1-2H3,(H2,27,28,29,30);3-7H,1-2H3,(H,18,19,20);7-9H,1-6,11H2. The second-order valence-electron chi connectivity index (χ2n) is 20.3. The average Bonchev–Trinajstić information content (AvgIpc) is 3.17. The topological polar surface area (TPSA) is 148 Å².